The molecule has 2 rings (SSSR count). The Labute approximate surface area is 131 Å². The maximum atomic E-state index is 7.50. The van der Waals surface area contributed by atoms with Crippen molar-refractivity contribution in [1.82, 2.24) is 0 Å². The van der Waals surface area contributed by atoms with E-state index in [1.807, 2.05) is 0 Å². The van der Waals surface area contributed by atoms with Crippen molar-refractivity contribution in [3.05, 3.63) is 80.6 Å². The van der Waals surface area contributed by atoms with Gasteiger partial charge in [-0.15, -0.1) is 0 Å². The van der Waals surface area contributed by atoms with Gasteiger partial charge in [0.15, 0.2) is 0 Å². The zero-order valence-corrected chi connectivity index (χ0v) is 12.5. The minimum Gasteiger partial charge on any atom is -0.0622 e. The summed E-state index contributed by atoms with van der Waals surface area (Å²) in [6, 6.07) is 21.2. The summed E-state index contributed by atoms with van der Waals surface area (Å²) in [5.41, 5.74) is 0. The Hall–Kier alpha value is -1.39. The fourth-order valence-electron chi connectivity index (χ4n) is 1.21. The van der Waals surface area contributed by atoms with E-state index in [4.69, 9.17) is 14.0 Å². The molecule has 0 saturated carbocycles. The molecule has 0 saturated heterocycles. The molecule has 5 heteroatoms. The standard InChI is InChI=1S/C12H11P.3CO.Fe/c1-3-7-11(8-4-1)13-12-9-5-2-6-10-12;3*1-2;/h1-10,13H;;;;. The van der Waals surface area contributed by atoms with Gasteiger partial charge in [0.1, 0.15) is 0 Å². The summed E-state index contributed by atoms with van der Waals surface area (Å²) in [7, 11) is 0.777. The first-order valence-electron chi connectivity index (χ1n) is 4.93. The maximum absolute atomic E-state index is 7.50. The first-order valence-corrected chi connectivity index (χ1v) is 5.93. The first kappa shape index (κ1) is 23.7. The molecule has 102 valence electrons. The molecule has 20 heavy (non-hydrogen) atoms. The van der Waals surface area contributed by atoms with Crippen LogP contribution in [0.5, 0.6) is 0 Å². The Kier molecular flexibility index (Phi) is 23.6. The van der Waals surface area contributed by atoms with Crippen molar-refractivity contribution in [2.24, 2.45) is 0 Å². The summed E-state index contributed by atoms with van der Waals surface area (Å²) in [5.74, 6) is 0. The van der Waals surface area contributed by atoms with Gasteiger partial charge in [-0.2, -0.15) is 0 Å². The van der Waals surface area contributed by atoms with Gasteiger partial charge < -0.3 is 0 Å². The topological polar surface area (TPSA) is 59.7 Å². The third-order valence-corrected chi connectivity index (χ3v) is 3.08. The van der Waals surface area contributed by atoms with Crippen molar-refractivity contribution in [3.8, 4) is 0 Å². The van der Waals surface area contributed by atoms with Crippen LogP contribution in [0, 0.1) is 20.0 Å². The van der Waals surface area contributed by atoms with Gasteiger partial charge in [-0.25, -0.2) is 0 Å². The molecule has 0 amide bonds. The van der Waals surface area contributed by atoms with Crippen LogP contribution in [0.4, 0.5) is 0 Å². The second-order valence-corrected chi connectivity index (χ2v) is 4.26. The van der Waals surface area contributed by atoms with Crippen molar-refractivity contribution < 1.29 is 31.0 Å². The van der Waals surface area contributed by atoms with Gasteiger partial charge in [-0.1, -0.05) is 69.2 Å². The molecule has 0 aliphatic rings. The molecular formula is C15H11FeO3P. The van der Waals surface area contributed by atoms with Crippen molar-refractivity contribution in [1.29, 1.82) is 0 Å². The van der Waals surface area contributed by atoms with Crippen LogP contribution < -0.4 is 10.6 Å². The van der Waals surface area contributed by atoms with Crippen molar-refractivity contribution in [2.75, 3.05) is 0 Å². The van der Waals surface area contributed by atoms with E-state index in [2.05, 4.69) is 80.6 Å². The Balaban J connectivity index is -0.000000368. The Morgan fingerprint density at radius 1 is 0.550 bits per heavy atom. The zero-order valence-electron chi connectivity index (χ0n) is 10.4. The van der Waals surface area contributed by atoms with E-state index in [0.717, 1.165) is 8.58 Å². The largest absolute Gasteiger partial charge is 0.0622 e. The van der Waals surface area contributed by atoms with Gasteiger partial charge in [0.2, 0.25) is 0 Å². The molecule has 0 unspecified atom stereocenters. The van der Waals surface area contributed by atoms with Crippen LogP contribution in [-0.4, -0.2) is 0 Å². The van der Waals surface area contributed by atoms with E-state index in [1.54, 1.807) is 0 Å². The number of hydrogen-bond acceptors (Lipinski definition) is 0. The van der Waals surface area contributed by atoms with Crippen molar-refractivity contribution in [2.45, 2.75) is 0 Å². The van der Waals surface area contributed by atoms with Crippen LogP contribution in [0.2, 0.25) is 0 Å². The minimum atomic E-state index is 0. The van der Waals surface area contributed by atoms with Crippen molar-refractivity contribution >= 4 is 19.2 Å². The third kappa shape index (κ3) is 11.7. The molecule has 0 fully saturated rings. The van der Waals surface area contributed by atoms with Gasteiger partial charge in [0, 0.05) is 17.1 Å². The molecule has 2 aromatic rings. The molecular weight excluding hydrogens is 315 g/mol. The number of rotatable bonds is 2. The fourth-order valence-corrected chi connectivity index (χ4v) is 2.26. The molecule has 2 aromatic carbocycles. The summed E-state index contributed by atoms with van der Waals surface area (Å²) in [5, 5.41) is 2.79. The SMILES string of the molecule is [C-]#[O+].[C-]#[O+].[C-]#[O+].[Fe].c1ccc(Pc2ccccc2)cc1. The maximum Gasteiger partial charge on any atom is 0 e. The molecule has 0 atom stereocenters. The van der Waals surface area contributed by atoms with E-state index < -0.39 is 0 Å². The summed E-state index contributed by atoms with van der Waals surface area (Å²) >= 11 is 0. The molecule has 0 bridgehead atoms. The molecule has 0 spiro atoms. The van der Waals surface area contributed by atoms with Gasteiger partial charge >= 0.3 is 33.9 Å². The summed E-state index contributed by atoms with van der Waals surface area (Å²) in [4.78, 5) is 0. The molecule has 0 radical (unpaired) electrons. The number of benzene rings is 2. The zero-order chi connectivity index (χ0) is 14.9. The predicted molar refractivity (Wildman–Crippen MR) is 72.3 cm³/mol. The van der Waals surface area contributed by atoms with Crippen LogP contribution in [0.25, 0.3) is 0 Å². The second kappa shape index (κ2) is 19.9. The normalized spacial score (nSPS) is 6.70. The van der Waals surface area contributed by atoms with Crippen LogP contribution in [-0.2, 0) is 31.0 Å². The van der Waals surface area contributed by atoms with E-state index in [9.17, 15) is 0 Å². The van der Waals surface area contributed by atoms with Crippen LogP contribution in [0.1, 0.15) is 0 Å². The van der Waals surface area contributed by atoms with Gasteiger partial charge in [0.05, 0.1) is 0 Å². The molecule has 0 aliphatic carbocycles. The molecule has 0 aliphatic heterocycles. The Bertz CT molecular complexity index is 429. The Morgan fingerprint density at radius 2 is 0.800 bits per heavy atom. The average Bonchev–Trinajstić information content (AvgIpc) is 2.55. The first-order chi connectivity index (χ1) is 9.45. The van der Waals surface area contributed by atoms with E-state index >= 15 is 0 Å². The summed E-state index contributed by atoms with van der Waals surface area (Å²) in [6.45, 7) is 13.5. The number of hydrogen-bond donors (Lipinski definition) is 0. The van der Waals surface area contributed by atoms with Crippen molar-refractivity contribution in [3.63, 3.8) is 0 Å². The monoisotopic (exact) mass is 326 g/mol. The van der Waals surface area contributed by atoms with E-state index in [1.165, 1.54) is 10.6 Å². The van der Waals surface area contributed by atoms with Gasteiger partial charge in [0.25, 0.3) is 0 Å². The van der Waals surface area contributed by atoms with Crippen LogP contribution in [0.15, 0.2) is 60.7 Å². The van der Waals surface area contributed by atoms with Gasteiger partial charge in [-0.05, 0) is 10.6 Å². The predicted octanol–water partition coefficient (Wildman–Crippen LogP) is 2.20. The van der Waals surface area contributed by atoms with Crippen LogP contribution >= 0.6 is 8.58 Å². The fraction of sp³-hybridized carbons (Fsp3) is 0. The average molecular weight is 326 g/mol. The summed E-state index contributed by atoms with van der Waals surface area (Å²) in [6.07, 6.45) is 0. The summed E-state index contributed by atoms with van der Waals surface area (Å²) < 4.78 is 22.5. The van der Waals surface area contributed by atoms with E-state index in [0.29, 0.717) is 0 Å². The molecule has 0 N–H and O–H groups in total. The Morgan fingerprint density at radius 3 is 1.05 bits per heavy atom. The van der Waals surface area contributed by atoms with E-state index in [-0.39, 0.29) is 17.1 Å². The smallest absolute Gasteiger partial charge is 0 e. The van der Waals surface area contributed by atoms with Gasteiger partial charge in [-0.3, -0.25) is 0 Å². The quantitative estimate of drug-likeness (QED) is 0.352. The second-order valence-electron chi connectivity index (χ2n) is 2.86. The van der Waals surface area contributed by atoms with Crippen LogP contribution in [0.3, 0.4) is 0 Å². The molecule has 0 heterocycles. The minimum absolute atomic E-state index is 0. The molecule has 0 aromatic heterocycles. The molecule has 3 nitrogen and oxygen atoms in total. The third-order valence-electron chi connectivity index (χ3n) is 1.84.